The molecule has 1 saturated carbocycles. The van der Waals surface area contributed by atoms with Gasteiger partial charge in [-0.25, -0.2) is 4.98 Å². The van der Waals surface area contributed by atoms with Gasteiger partial charge in [0.1, 0.15) is 5.82 Å². The van der Waals surface area contributed by atoms with Crippen molar-refractivity contribution >= 4 is 5.82 Å². The number of rotatable bonds is 6. The average Bonchev–Trinajstić information content (AvgIpc) is 2.27. The van der Waals surface area contributed by atoms with Crippen LogP contribution in [0.25, 0.3) is 0 Å². The van der Waals surface area contributed by atoms with Gasteiger partial charge in [-0.1, -0.05) is 13.0 Å². The molecule has 1 aliphatic carbocycles. The van der Waals surface area contributed by atoms with Crippen LogP contribution in [0.3, 0.4) is 0 Å². The van der Waals surface area contributed by atoms with E-state index < -0.39 is 0 Å². The van der Waals surface area contributed by atoms with Crippen LogP contribution < -0.4 is 10.2 Å². The van der Waals surface area contributed by atoms with Crippen molar-refractivity contribution < 1.29 is 0 Å². The molecule has 0 aliphatic heterocycles. The van der Waals surface area contributed by atoms with E-state index in [0.29, 0.717) is 6.04 Å². The maximum Gasteiger partial charge on any atom is 0.128 e. The molecule has 2 rings (SSSR count). The minimum atomic E-state index is 0.710. The second-order valence-corrected chi connectivity index (χ2v) is 4.86. The maximum atomic E-state index is 4.71. The topological polar surface area (TPSA) is 28.2 Å². The molecule has 1 fully saturated rings. The van der Waals surface area contributed by atoms with Gasteiger partial charge in [0.05, 0.1) is 5.69 Å². The lowest BCUT2D eigenvalue weighted by Crippen LogP contribution is -2.37. The summed E-state index contributed by atoms with van der Waals surface area (Å²) >= 11 is 0. The Bertz CT molecular complexity index is 347. The zero-order valence-electron chi connectivity index (χ0n) is 10.9. The lowest BCUT2D eigenvalue weighted by Gasteiger charge is -2.35. The maximum absolute atomic E-state index is 4.71. The Morgan fingerprint density at radius 1 is 1.41 bits per heavy atom. The van der Waals surface area contributed by atoms with Crippen LogP contribution in [0.2, 0.25) is 0 Å². The van der Waals surface area contributed by atoms with E-state index in [-0.39, 0.29) is 0 Å². The molecular weight excluding hydrogens is 210 g/mol. The third-order valence-electron chi connectivity index (χ3n) is 3.51. The van der Waals surface area contributed by atoms with Gasteiger partial charge in [-0.3, -0.25) is 0 Å². The molecule has 0 amide bonds. The minimum Gasteiger partial charge on any atom is -0.357 e. The van der Waals surface area contributed by atoms with E-state index in [9.17, 15) is 0 Å². The van der Waals surface area contributed by atoms with Crippen molar-refractivity contribution in [1.29, 1.82) is 0 Å². The Kier molecular flexibility index (Phi) is 4.37. The Morgan fingerprint density at radius 3 is 2.88 bits per heavy atom. The number of nitrogens with zero attached hydrogens (tertiary/aromatic N) is 2. The summed E-state index contributed by atoms with van der Waals surface area (Å²) in [6.45, 7) is 4.12. The minimum absolute atomic E-state index is 0.710. The first kappa shape index (κ1) is 12.4. The van der Waals surface area contributed by atoms with Crippen molar-refractivity contribution in [3.8, 4) is 0 Å². The second-order valence-electron chi connectivity index (χ2n) is 4.86. The summed E-state index contributed by atoms with van der Waals surface area (Å²) in [4.78, 5) is 7.04. The van der Waals surface area contributed by atoms with Crippen LogP contribution in [-0.4, -0.2) is 24.6 Å². The smallest absolute Gasteiger partial charge is 0.128 e. The van der Waals surface area contributed by atoms with Crippen molar-refractivity contribution in [2.24, 2.45) is 0 Å². The molecule has 0 bridgehead atoms. The summed E-state index contributed by atoms with van der Waals surface area (Å²) in [6.07, 6.45) is 5.17. The highest BCUT2D eigenvalue weighted by Crippen LogP contribution is 2.26. The molecule has 0 unspecified atom stereocenters. The summed E-state index contributed by atoms with van der Waals surface area (Å²) in [5.74, 6) is 1.12. The number of anilines is 1. The monoisotopic (exact) mass is 233 g/mol. The molecular formula is C14H23N3. The second kappa shape index (κ2) is 6.01. The molecule has 17 heavy (non-hydrogen) atoms. The third kappa shape index (κ3) is 3.19. The van der Waals surface area contributed by atoms with Crippen molar-refractivity contribution in [3.63, 3.8) is 0 Å². The fraction of sp³-hybridized carbons (Fsp3) is 0.643. The van der Waals surface area contributed by atoms with Crippen LogP contribution in [-0.2, 0) is 6.54 Å². The third-order valence-corrected chi connectivity index (χ3v) is 3.51. The number of hydrogen-bond acceptors (Lipinski definition) is 3. The van der Waals surface area contributed by atoms with Crippen LogP contribution in [0.15, 0.2) is 18.2 Å². The summed E-state index contributed by atoms with van der Waals surface area (Å²) < 4.78 is 0. The first-order valence-corrected chi connectivity index (χ1v) is 6.70. The van der Waals surface area contributed by atoms with E-state index in [1.54, 1.807) is 0 Å². The predicted molar refractivity (Wildman–Crippen MR) is 72.3 cm³/mol. The highest BCUT2D eigenvalue weighted by atomic mass is 15.2. The van der Waals surface area contributed by atoms with Crippen molar-refractivity contribution in [2.75, 3.05) is 18.5 Å². The van der Waals surface area contributed by atoms with Gasteiger partial charge >= 0.3 is 0 Å². The number of aromatic nitrogens is 1. The van der Waals surface area contributed by atoms with Crippen LogP contribution in [0.1, 0.15) is 38.3 Å². The largest absolute Gasteiger partial charge is 0.357 e. The van der Waals surface area contributed by atoms with Gasteiger partial charge in [-0.15, -0.1) is 0 Å². The highest BCUT2D eigenvalue weighted by Gasteiger charge is 2.22. The first-order valence-electron chi connectivity index (χ1n) is 6.70. The van der Waals surface area contributed by atoms with Crippen molar-refractivity contribution in [1.82, 2.24) is 10.3 Å². The molecule has 1 aromatic rings. The quantitative estimate of drug-likeness (QED) is 0.765. The average molecular weight is 233 g/mol. The van der Waals surface area contributed by atoms with E-state index >= 15 is 0 Å². The molecule has 3 nitrogen and oxygen atoms in total. The molecule has 0 atom stereocenters. The molecule has 94 valence electrons. The fourth-order valence-electron chi connectivity index (χ4n) is 2.12. The van der Waals surface area contributed by atoms with Crippen LogP contribution in [0.4, 0.5) is 5.82 Å². The molecule has 3 heteroatoms. The molecule has 1 N–H and O–H groups in total. The van der Waals surface area contributed by atoms with Gasteiger partial charge < -0.3 is 10.2 Å². The van der Waals surface area contributed by atoms with E-state index in [1.165, 1.54) is 25.7 Å². The zero-order chi connectivity index (χ0) is 12.1. The van der Waals surface area contributed by atoms with E-state index in [1.807, 2.05) is 0 Å². The molecule has 0 spiro atoms. The Morgan fingerprint density at radius 2 is 2.24 bits per heavy atom. The summed E-state index contributed by atoms with van der Waals surface area (Å²) in [5.41, 5.74) is 1.14. The normalized spacial score (nSPS) is 15.6. The van der Waals surface area contributed by atoms with E-state index in [4.69, 9.17) is 4.98 Å². The molecule has 0 saturated heterocycles. The molecule has 0 aromatic carbocycles. The van der Waals surface area contributed by atoms with Crippen molar-refractivity contribution in [2.45, 2.75) is 45.2 Å². The first-order chi connectivity index (χ1) is 8.31. The van der Waals surface area contributed by atoms with Gasteiger partial charge in [-0.2, -0.15) is 0 Å². The summed E-state index contributed by atoms with van der Waals surface area (Å²) in [6, 6.07) is 7.03. The van der Waals surface area contributed by atoms with E-state index in [0.717, 1.165) is 24.6 Å². The Balaban J connectivity index is 1.95. The molecule has 0 radical (unpaired) electrons. The number of hydrogen-bond donors (Lipinski definition) is 1. The van der Waals surface area contributed by atoms with Gasteiger partial charge in [0.15, 0.2) is 0 Å². The predicted octanol–water partition coefficient (Wildman–Crippen LogP) is 2.57. The van der Waals surface area contributed by atoms with Gasteiger partial charge in [0.25, 0.3) is 0 Å². The van der Waals surface area contributed by atoms with Crippen LogP contribution in [0, 0.1) is 0 Å². The van der Waals surface area contributed by atoms with Crippen LogP contribution in [0.5, 0.6) is 0 Å². The standard InChI is InChI=1S/C14H23N3/c1-3-10-15-11-12-6-4-9-14(16-12)17(2)13-7-5-8-13/h4,6,9,13,15H,3,5,7-8,10-11H2,1-2H3. The lowest BCUT2D eigenvalue weighted by molar-refractivity contribution is 0.399. The number of pyridine rings is 1. The van der Waals surface area contributed by atoms with Gasteiger partial charge in [-0.05, 0) is 44.4 Å². The van der Waals surface area contributed by atoms with Gasteiger partial charge in [0.2, 0.25) is 0 Å². The zero-order valence-corrected chi connectivity index (χ0v) is 10.9. The van der Waals surface area contributed by atoms with Crippen molar-refractivity contribution in [3.05, 3.63) is 23.9 Å². The van der Waals surface area contributed by atoms with E-state index in [2.05, 4.69) is 42.4 Å². The Labute approximate surface area is 104 Å². The van der Waals surface area contributed by atoms with Gasteiger partial charge in [0, 0.05) is 19.6 Å². The fourth-order valence-corrected chi connectivity index (χ4v) is 2.12. The SMILES string of the molecule is CCCNCc1cccc(N(C)C2CCC2)n1. The number of nitrogens with one attached hydrogen (secondary N) is 1. The van der Waals surface area contributed by atoms with Crippen LogP contribution >= 0.6 is 0 Å². The molecule has 1 aromatic heterocycles. The lowest BCUT2D eigenvalue weighted by atomic mass is 9.92. The summed E-state index contributed by atoms with van der Waals surface area (Å²) in [7, 11) is 2.16. The summed E-state index contributed by atoms with van der Waals surface area (Å²) in [5, 5.41) is 3.39. The Hall–Kier alpha value is -1.09. The molecule has 1 aliphatic rings. The highest BCUT2D eigenvalue weighted by molar-refractivity contribution is 5.40. The molecule has 1 heterocycles.